The van der Waals surface area contributed by atoms with Crippen molar-refractivity contribution in [2.45, 2.75) is 25.9 Å². The van der Waals surface area contributed by atoms with Crippen molar-refractivity contribution in [3.63, 3.8) is 0 Å². The van der Waals surface area contributed by atoms with Crippen LogP contribution in [0.25, 0.3) is 0 Å². The molecule has 1 aromatic carbocycles. The Morgan fingerprint density at radius 1 is 1.50 bits per heavy atom. The summed E-state index contributed by atoms with van der Waals surface area (Å²) >= 11 is 0. The van der Waals surface area contributed by atoms with E-state index in [2.05, 4.69) is 16.3 Å². The smallest absolute Gasteiger partial charge is 0.237 e. The first-order valence-corrected chi connectivity index (χ1v) is 7.00. The van der Waals surface area contributed by atoms with Gasteiger partial charge in [0.1, 0.15) is 0 Å². The van der Waals surface area contributed by atoms with Crippen LogP contribution in [0.3, 0.4) is 0 Å². The predicted molar refractivity (Wildman–Crippen MR) is 79.3 cm³/mol. The number of rotatable bonds is 5. The Balaban J connectivity index is 1.95. The lowest BCUT2D eigenvalue weighted by molar-refractivity contribution is -0.126. The van der Waals surface area contributed by atoms with Gasteiger partial charge in [-0.15, -0.1) is 0 Å². The van der Waals surface area contributed by atoms with Crippen LogP contribution in [0, 0.1) is 0 Å². The summed E-state index contributed by atoms with van der Waals surface area (Å²) in [5.74, 6) is 0.0504. The van der Waals surface area contributed by atoms with E-state index in [9.17, 15) is 4.79 Å². The molecule has 1 aliphatic rings. The second-order valence-corrected chi connectivity index (χ2v) is 5.21. The summed E-state index contributed by atoms with van der Waals surface area (Å²) < 4.78 is 4.93. The van der Waals surface area contributed by atoms with E-state index in [4.69, 9.17) is 10.5 Å². The number of nitrogens with one attached hydrogen (secondary N) is 1. The minimum atomic E-state index is -0.138. The normalized spacial score (nSPS) is 16.5. The van der Waals surface area contributed by atoms with Gasteiger partial charge in [-0.05, 0) is 36.6 Å². The Kier molecular flexibility index (Phi) is 4.98. The highest BCUT2D eigenvalue weighted by Crippen LogP contribution is 2.22. The lowest BCUT2D eigenvalue weighted by atomic mass is 9.98. The summed E-state index contributed by atoms with van der Waals surface area (Å²) in [5.41, 5.74) is 9.18. The molecule has 1 aliphatic heterocycles. The fourth-order valence-corrected chi connectivity index (χ4v) is 2.52. The van der Waals surface area contributed by atoms with Gasteiger partial charge in [-0.2, -0.15) is 0 Å². The SMILES string of the molecule is COCCNC(=O)C(C)N1CCc2ccc(N)cc2C1. The van der Waals surface area contributed by atoms with Gasteiger partial charge in [0.15, 0.2) is 0 Å². The van der Waals surface area contributed by atoms with Crippen LogP contribution in [0.5, 0.6) is 0 Å². The van der Waals surface area contributed by atoms with Crippen LogP contribution in [-0.2, 0) is 22.5 Å². The van der Waals surface area contributed by atoms with Gasteiger partial charge in [0.25, 0.3) is 0 Å². The third kappa shape index (κ3) is 3.49. The molecule has 0 saturated heterocycles. The zero-order chi connectivity index (χ0) is 14.5. The number of nitrogen functional groups attached to an aromatic ring is 1. The average Bonchev–Trinajstić information content (AvgIpc) is 2.45. The highest BCUT2D eigenvalue weighted by Gasteiger charge is 2.25. The molecule has 110 valence electrons. The molecule has 1 atom stereocenters. The molecule has 1 heterocycles. The Morgan fingerprint density at radius 3 is 3.05 bits per heavy atom. The van der Waals surface area contributed by atoms with Gasteiger partial charge in [-0.3, -0.25) is 9.69 Å². The molecule has 1 aromatic rings. The van der Waals surface area contributed by atoms with Gasteiger partial charge < -0.3 is 15.8 Å². The number of hydrogen-bond acceptors (Lipinski definition) is 4. The number of nitrogens with two attached hydrogens (primary N) is 1. The molecule has 2 rings (SSSR count). The monoisotopic (exact) mass is 277 g/mol. The zero-order valence-corrected chi connectivity index (χ0v) is 12.2. The van der Waals surface area contributed by atoms with E-state index in [-0.39, 0.29) is 11.9 Å². The number of fused-ring (bicyclic) bond motifs is 1. The fraction of sp³-hybridized carbons (Fsp3) is 0.533. The number of hydrogen-bond donors (Lipinski definition) is 2. The molecule has 0 aliphatic carbocycles. The van der Waals surface area contributed by atoms with Crippen LogP contribution in [0.4, 0.5) is 5.69 Å². The van der Waals surface area contributed by atoms with E-state index in [1.807, 2.05) is 19.1 Å². The van der Waals surface area contributed by atoms with E-state index >= 15 is 0 Å². The van der Waals surface area contributed by atoms with Gasteiger partial charge in [0.2, 0.25) is 5.91 Å². The number of carbonyl (C=O) groups excluding carboxylic acids is 1. The molecule has 5 nitrogen and oxygen atoms in total. The Labute approximate surface area is 120 Å². The number of anilines is 1. The molecule has 0 fully saturated rings. The van der Waals surface area contributed by atoms with Crippen LogP contribution in [0.2, 0.25) is 0 Å². The molecular formula is C15H23N3O2. The second-order valence-electron chi connectivity index (χ2n) is 5.21. The summed E-state index contributed by atoms with van der Waals surface area (Å²) in [7, 11) is 1.63. The number of methoxy groups -OCH3 is 1. The topological polar surface area (TPSA) is 67.6 Å². The zero-order valence-electron chi connectivity index (χ0n) is 12.2. The highest BCUT2D eigenvalue weighted by atomic mass is 16.5. The van der Waals surface area contributed by atoms with E-state index in [0.717, 1.165) is 25.2 Å². The molecule has 0 radical (unpaired) electrons. The number of carbonyl (C=O) groups is 1. The van der Waals surface area contributed by atoms with Gasteiger partial charge in [0, 0.05) is 32.4 Å². The van der Waals surface area contributed by atoms with Crippen LogP contribution < -0.4 is 11.1 Å². The molecule has 1 unspecified atom stereocenters. The third-order valence-electron chi connectivity index (χ3n) is 3.80. The van der Waals surface area contributed by atoms with Gasteiger partial charge in [-0.1, -0.05) is 6.07 Å². The summed E-state index contributed by atoms with van der Waals surface area (Å²) in [5, 5.41) is 2.89. The maximum atomic E-state index is 12.1. The minimum absolute atomic E-state index is 0.0504. The standard InChI is InChI=1S/C15H23N3O2/c1-11(15(19)17-6-8-20-2)18-7-5-12-3-4-14(16)9-13(12)10-18/h3-4,9,11H,5-8,10,16H2,1-2H3,(H,17,19). The van der Waals surface area contributed by atoms with Gasteiger partial charge in [-0.25, -0.2) is 0 Å². The quantitative estimate of drug-likeness (QED) is 0.616. The molecule has 0 spiro atoms. The van der Waals surface area contributed by atoms with Crippen molar-refractivity contribution in [1.29, 1.82) is 0 Å². The molecule has 1 amide bonds. The molecule has 5 heteroatoms. The molecule has 0 saturated carbocycles. The fourth-order valence-electron chi connectivity index (χ4n) is 2.52. The van der Waals surface area contributed by atoms with Crippen molar-refractivity contribution >= 4 is 11.6 Å². The minimum Gasteiger partial charge on any atom is -0.399 e. The van der Waals surface area contributed by atoms with Crippen LogP contribution >= 0.6 is 0 Å². The Hall–Kier alpha value is -1.59. The number of ether oxygens (including phenoxy) is 1. The van der Waals surface area contributed by atoms with Gasteiger partial charge >= 0.3 is 0 Å². The molecule has 0 bridgehead atoms. The predicted octanol–water partition coefficient (Wildman–Crippen LogP) is 0.778. The lowest BCUT2D eigenvalue weighted by Gasteiger charge is -2.33. The van der Waals surface area contributed by atoms with Crippen molar-refractivity contribution in [1.82, 2.24) is 10.2 Å². The van der Waals surface area contributed by atoms with Crippen LogP contribution in [-0.4, -0.2) is 43.7 Å². The van der Waals surface area contributed by atoms with E-state index in [1.165, 1.54) is 11.1 Å². The maximum absolute atomic E-state index is 12.1. The molecule has 3 N–H and O–H groups in total. The largest absolute Gasteiger partial charge is 0.399 e. The average molecular weight is 277 g/mol. The lowest BCUT2D eigenvalue weighted by Crippen LogP contribution is -2.47. The number of nitrogens with zero attached hydrogens (tertiary/aromatic N) is 1. The first-order valence-electron chi connectivity index (χ1n) is 7.00. The van der Waals surface area contributed by atoms with E-state index in [0.29, 0.717) is 13.2 Å². The van der Waals surface area contributed by atoms with E-state index < -0.39 is 0 Å². The van der Waals surface area contributed by atoms with Gasteiger partial charge in [0.05, 0.1) is 12.6 Å². The maximum Gasteiger partial charge on any atom is 0.237 e. The molecule has 0 aromatic heterocycles. The van der Waals surface area contributed by atoms with Crippen molar-refractivity contribution in [3.8, 4) is 0 Å². The van der Waals surface area contributed by atoms with Crippen molar-refractivity contribution in [2.75, 3.05) is 32.5 Å². The first kappa shape index (κ1) is 14.8. The number of benzene rings is 1. The van der Waals surface area contributed by atoms with Crippen molar-refractivity contribution < 1.29 is 9.53 Å². The van der Waals surface area contributed by atoms with E-state index in [1.54, 1.807) is 7.11 Å². The van der Waals surface area contributed by atoms with Crippen LogP contribution in [0.1, 0.15) is 18.1 Å². The summed E-state index contributed by atoms with van der Waals surface area (Å²) in [6.07, 6.45) is 0.964. The van der Waals surface area contributed by atoms with Crippen molar-refractivity contribution in [3.05, 3.63) is 29.3 Å². The second kappa shape index (κ2) is 6.72. The first-order chi connectivity index (χ1) is 9.61. The summed E-state index contributed by atoms with van der Waals surface area (Å²) in [6, 6.07) is 5.90. The van der Waals surface area contributed by atoms with Crippen LogP contribution in [0.15, 0.2) is 18.2 Å². The summed E-state index contributed by atoms with van der Waals surface area (Å²) in [6.45, 7) is 4.71. The highest BCUT2D eigenvalue weighted by molar-refractivity contribution is 5.81. The van der Waals surface area contributed by atoms with Crippen molar-refractivity contribution in [2.24, 2.45) is 0 Å². The molecular weight excluding hydrogens is 254 g/mol. The third-order valence-corrected chi connectivity index (χ3v) is 3.80. The molecule has 20 heavy (non-hydrogen) atoms. The Morgan fingerprint density at radius 2 is 2.30 bits per heavy atom. The number of amides is 1. The summed E-state index contributed by atoms with van der Waals surface area (Å²) in [4.78, 5) is 14.2. The Bertz CT molecular complexity index is 476.